The molecule has 0 amide bonds. The summed E-state index contributed by atoms with van der Waals surface area (Å²) < 4.78 is 4.93. The van der Waals surface area contributed by atoms with Crippen molar-refractivity contribution in [2.75, 3.05) is 6.61 Å². The summed E-state index contributed by atoms with van der Waals surface area (Å²) in [6.07, 6.45) is 1.83. The van der Waals surface area contributed by atoms with Gasteiger partial charge in [0.25, 0.3) is 0 Å². The lowest BCUT2D eigenvalue weighted by atomic mass is 10.2. The monoisotopic (exact) mass is 84.1 g/mol. The first kappa shape index (κ1) is 3.88. The van der Waals surface area contributed by atoms with Crippen molar-refractivity contribution in [1.29, 1.82) is 0 Å². The summed E-state index contributed by atoms with van der Waals surface area (Å²) in [5.74, 6) is 0. The van der Waals surface area contributed by atoms with Gasteiger partial charge in [-0.2, -0.15) is 0 Å². The van der Waals surface area contributed by atoms with Crippen LogP contribution in [0.5, 0.6) is 0 Å². The number of epoxide rings is 1. The highest BCUT2D eigenvalue weighted by molar-refractivity contribution is 5.02. The first-order valence-corrected chi connectivity index (χ1v) is 2.04. The molecule has 0 aromatic heterocycles. The Morgan fingerprint density at radius 2 is 2.50 bits per heavy atom. The SMILES string of the molecule is C=C[C@@]1(C)CO1. The van der Waals surface area contributed by atoms with Crippen LogP contribution in [0.2, 0.25) is 0 Å². The van der Waals surface area contributed by atoms with Gasteiger partial charge in [-0.05, 0) is 6.92 Å². The number of hydrogen-bond acceptors (Lipinski definition) is 1. The van der Waals surface area contributed by atoms with Crippen LogP contribution in [0.3, 0.4) is 0 Å². The fraction of sp³-hybridized carbons (Fsp3) is 0.600. The van der Waals surface area contributed by atoms with Gasteiger partial charge in [0, 0.05) is 0 Å². The average Bonchev–Trinajstić information content (AvgIpc) is 2.22. The Bertz CT molecular complexity index is 72.0. The van der Waals surface area contributed by atoms with E-state index in [4.69, 9.17) is 4.74 Å². The molecule has 0 radical (unpaired) electrons. The quantitative estimate of drug-likeness (QED) is 0.340. The van der Waals surface area contributed by atoms with E-state index in [2.05, 4.69) is 6.58 Å². The predicted octanol–water partition coefficient (Wildman–Crippen LogP) is 0.961. The topological polar surface area (TPSA) is 12.5 Å². The molecule has 6 heavy (non-hydrogen) atoms. The van der Waals surface area contributed by atoms with Gasteiger partial charge in [-0.3, -0.25) is 0 Å². The van der Waals surface area contributed by atoms with Gasteiger partial charge in [-0.15, -0.1) is 6.58 Å². The van der Waals surface area contributed by atoms with Gasteiger partial charge in [0.2, 0.25) is 0 Å². The minimum atomic E-state index is 0.0556. The first-order valence-electron chi connectivity index (χ1n) is 2.04. The first-order chi connectivity index (χ1) is 2.77. The molecule has 1 fully saturated rings. The summed E-state index contributed by atoms with van der Waals surface area (Å²) in [7, 11) is 0. The lowest BCUT2D eigenvalue weighted by Crippen LogP contribution is -1.94. The van der Waals surface area contributed by atoms with E-state index in [1.165, 1.54) is 0 Å². The summed E-state index contributed by atoms with van der Waals surface area (Å²) in [5, 5.41) is 0. The second-order valence-corrected chi connectivity index (χ2v) is 1.81. The Balaban J connectivity index is 2.47. The molecule has 1 heteroatoms. The van der Waals surface area contributed by atoms with Crippen LogP contribution < -0.4 is 0 Å². The molecule has 1 rings (SSSR count). The predicted molar refractivity (Wildman–Crippen MR) is 24.6 cm³/mol. The van der Waals surface area contributed by atoms with Gasteiger partial charge in [0.05, 0.1) is 6.61 Å². The van der Waals surface area contributed by atoms with Crippen molar-refractivity contribution in [2.45, 2.75) is 12.5 Å². The molecule has 1 aliphatic heterocycles. The zero-order valence-corrected chi connectivity index (χ0v) is 3.90. The van der Waals surface area contributed by atoms with E-state index in [-0.39, 0.29) is 5.60 Å². The Morgan fingerprint density at radius 3 is 2.50 bits per heavy atom. The summed E-state index contributed by atoms with van der Waals surface area (Å²) in [5.41, 5.74) is 0.0556. The van der Waals surface area contributed by atoms with Gasteiger partial charge >= 0.3 is 0 Å². The van der Waals surface area contributed by atoms with E-state index in [0.29, 0.717) is 0 Å². The van der Waals surface area contributed by atoms with Crippen molar-refractivity contribution in [2.24, 2.45) is 0 Å². The van der Waals surface area contributed by atoms with Crippen molar-refractivity contribution in [3.63, 3.8) is 0 Å². The summed E-state index contributed by atoms with van der Waals surface area (Å²) >= 11 is 0. The fourth-order valence-corrected chi connectivity index (χ4v) is 0.232. The number of rotatable bonds is 1. The zero-order chi connectivity index (χ0) is 4.62. The molecule has 0 aromatic carbocycles. The van der Waals surface area contributed by atoms with E-state index in [9.17, 15) is 0 Å². The molecule has 34 valence electrons. The van der Waals surface area contributed by atoms with E-state index in [1.807, 2.05) is 13.0 Å². The Labute approximate surface area is 37.6 Å². The maximum absolute atomic E-state index is 4.93. The molecular weight excluding hydrogens is 76.1 g/mol. The molecule has 0 aromatic rings. The third-order valence-electron chi connectivity index (χ3n) is 1.03. The smallest absolute Gasteiger partial charge is 0.107 e. The molecule has 1 nitrogen and oxygen atoms in total. The van der Waals surface area contributed by atoms with Gasteiger partial charge in [-0.25, -0.2) is 0 Å². The zero-order valence-electron chi connectivity index (χ0n) is 3.90. The van der Waals surface area contributed by atoms with Crippen LogP contribution in [0.1, 0.15) is 6.92 Å². The minimum Gasteiger partial charge on any atom is -0.365 e. The molecule has 0 unspecified atom stereocenters. The van der Waals surface area contributed by atoms with Crippen molar-refractivity contribution < 1.29 is 4.74 Å². The molecule has 1 atom stereocenters. The maximum Gasteiger partial charge on any atom is 0.107 e. The van der Waals surface area contributed by atoms with Crippen LogP contribution in [0.25, 0.3) is 0 Å². The molecule has 1 aliphatic rings. The van der Waals surface area contributed by atoms with Gasteiger partial charge in [-0.1, -0.05) is 6.08 Å². The molecule has 0 spiro atoms. The highest BCUT2D eigenvalue weighted by Gasteiger charge is 2.34. The average molecular weight is 84.1 g/mol. The van der Waals surface area contributed by atoms with Crippen molar-refractivity contribution in [3.05, 3.63) is 12.7 Å². The van der Waals surface area contributed by atoms with Gasteiger partial charge < -0.3 is 4.74 Å². The minimum absolute atomic E-state index is 0.0556. The van der Waals surface area contributed by atoms with E-state index < -0.39 is 0 Å². The van der Waals surface area contributed by atoms with Gasteiger partial charge in [0.1, 0.15) is 5.60 Å². The standard InChI is InChI=1S/C5H8O/c1-3-5(2)4-6-5/h3H,1,4H2,2H3/t5-/m0/s1. The largest absolute Gasteiger partial charge is 0.365 e. The third-order valence-corrected chi connectivity index (χ3v) is 1.03. The van der Waals surface area contributed by atoms with Crippen molar-refractivity contribution in [1.82, 2.24) is 0 Å². The molecule has 0 bridgehead atoms. The highest BCUT2D eigenvalue weighted by Crippen LogP contribution is 2.25. The second kappa shape index (κ2) is 0.850. The van der Waals surface area contributed by atoms with Gasteiger partial charge in [0.15, 0.2) is 0 Å². The van der Waals surface area contributed by atoms with Crippen LogP contribution in [-0.4, -0.2) is 12.2 Å². The maximum atomic E-state index is 4.93. The van der Waals surface area contributed by atoms with Crippen LogP contribution in [-0.2, 0) is 4.74 Å². The number of ether oxygens (including phenoxy) is 1. The van der Waals surface area contributed by atoms with Crippen LogP contribution in [0.4, 0.5) is 0 Å². The summed E-state index contributed by atoms with van der Waals surface area (Å²) in [4.78, 5) is 0. The molecule has 0 saturated carbocycles. The normalized spacial score (nSPS) is 42.2. The Kier molecular flexibility index (Phi) is 0.549. The Hall–Kier alpha value is -0.300. The highest BCUT2D eigenvalue weighted by atomic mass is 16.6. The van der Waals surface area contributed by atoms with Crippen LogP contribution in [0.15, 0.2) is 12.7 Å². The number of hydrogen-bond donors (Lipinski definition) is 0. The lowest BCUT2D eigenvalue weighted by molar-refractivity contribution is 0.370. The second-order valence-electron chi connectivity index (χ2n) is 1.81. The van der Waals surface area contributed by atoms with E-state index in [0.717, 1.165) is 6.61 Å². The van der Waals surface area contributed by atoms with E-state index >= 15 is 0 Å². The molecule has 0 aliphatic carbocycles. The molecular formula is C5H8O. The van der Waals surface area contributed by atoms with Crippen molar-refractivity contribution in [3.8, 4) is 0 Å². The van der Waals surface area contributed by atoms with Crippen LogP contribution in [0, 0.1) is 0 Å². The Morgan fingerprint density at radius 1 is 2.00 bits per heavy atom. The molecule has 1 heterocycles. The fourth-order valence-electron chi connectivity index (χ4n) is 0.232. The third kappa shape index (κ3) is 0.455. The lowest BCUT2D eigenvalue weighted by Gasteiger charge is -1.86. The van der Waals surface area contributed by atoms with Crippen molar-refractivity contribution >= 4 is 0 Å². The molecule has 1 saturated heterocycles. The summed E-state index contributed by atoms with van der Waals surface area (Å²) in [6, 6.07) is 0. The van der Waals surface area contributed by atoms with Crippen LogP contribution >= 0.6 is 0 Å². The summed E-state index contributed by atoms with van der Waals surface area (Å²) in [6.45, 7) is 6.44. The molecule has 0 N–H and O–H groups in total. The van der Waals surface area contributed by atoms with E-state index in [1.54, 1.807) is 0 Å².